The summed E-state index contributed by atoms with van der Waals surface area (Å²) in [5.74, 6) is 0.604. The predicted octanol–water partition coefficient (Wildman–Crippen LogP) is 5.01. The van der Waals surface area contributed by atoms with Gasteiger partial charge in [-0.25, -0.2) is 0 Å². The Bertz CT molecular complexity index is 470. The van der Waals surface area contributed by atoms with Crippen molar-refractivity contribution in [1.29, 1.82) is 0 Å². The summed E-state index contributed by atoms with van der Waals surface area (Å²) in [4.78, 5) is 0. The van der Waals surface area contributed by atoms with Gasteiger partial charge in [-0.05, 0) is 43.0 Å². The first-order valence-electron chi connectivity index (χ1n) is 7.45. The zero-order chi connectivity index (χ0) is 14.9. The van der Waals surface area contributed by atoms with E-state index >= 15 is 0 Å². The molecule has 1 N–H and O–H groups in total. The van der Waals surface area contributed by atoms with Crippen LogP contribution in [-0.4, -0.2) is 18.8 Å². The molecule has 20 heavy (non-hydrogen) atoms. The highest BCUT2D eigenvalue weighted by atomic mass is 79.9. The van der Waals surface area contributed by atoms with E-state index in [4.69, 9.17) is 4.74 Å². The zero-order valence-electron chi connectivity index (χ0n) is 13.2. The lowest BCUT2D eigenvalue weighted by Crippen LogP contribution is -2.58. The first-order valence-corrected chi connectivity index (χ1v) is 8.24. The molecule has 0 spiro atoms. The third-order valence-corrected chi connectivity index (χ3v) is 5.20. The first kappa shape index (κ1) is 15.8. The Morgan fingerprint density at radius 2 is 2.10 bits per heavy atom. The maximum atomic E-state index is 6.02. The van der Waals surface area contributed by atoms with Crippen molar-refractivity contribution in [2.45, 2.75) is 53.2 Å². The predicted molar refractivity (Wildman–Crippen MR) is 89.3 cm³/mol. The molecule has 3 heteroatoms. The fourth-order valence-electron chi connectivity index (χ4n) is 2.66. The molecule has 0 aliphatic heterocycles. The van der Waals surface area contributed by atoms with E-state index in [0.717, 1.165) is 17.5 Å². The second kappa shape index (κ2) is 6.07. The van der Waals surface area contributed by atoms with Gasteiger partial charge in [-0.1, -0.05) is 43.6 Å². The minimum absolute atomic E-state index is 0.190. The summed E-state index contributed by atoms with van der Waals surface area (Å²) < 4.78 is 7.18. The van der Waals surface area contributed by atoms with Crippen LogP contribution in [0.25, 0.3) is 0 Å². The van der Waals surface area contributed by atoms with Gasteiger partial charge in [0.15, 0.2) is 0 Å². The molecule has 2 nitrogen and oxygen atoms in total. The van der Waals surface area contributed by atoms with Gasteiger partial charge >= 0.3 is 0 Å². The number of benzene rings is 1. The van der Waals surface area contributed by atoms with E-state index in [2.05, 4.69) is 74.1 Å². The molecule has 1 aromatic carbocycles. The van der Waals surface area contributed by atoms with Crippen molar-refractivity contribution in [3.8, 4) is 0 Å². The second-order valence-corrected chi connectivity index (χ2v) is 7.79. The number of hydrogen-bond acceptors (Lipinski definition) is 2. The lowest BCUT2D eigenvalue weighted by Gasteiger charge is -2.52. The van der Waals surface area contributed by atoms with Crippen LogP contribution in [0, 0.1) is 18.3 Å². The average Bonchev–Trinajstić information content (AvgIpc) is 2.36. The van der Waals surface area contributed by atoms with Crippen molar-refractivity contribution in [2.75, 3.05) is 11.9 Å². The molecule has 0 saturated heterocycles. The van der Waals surface area contributed by atoms with Crippen LogP contribution in [0.15, 0.2) is 22.7 Å². The molecular formula is C17H26BrNO. The summed E-state index contributed by atoms with van der Waals surface area (Å²) in [7, 11) is 0. The van der Waals surface area contributed by atoms with E-state index in [1.54, 1.807) is 0 Å². The van der Waals surface area contributed by atoms with E-state index < -0.39 is 0 Å². The van der Waals surface area contributed by atoms with Gasteiger partial charge in [0, 0.05) is 28.2 Å². The maximum Gasteiger partial charge on any atom is 0.0665 e. The quantitative estimate of drug-likeness (QED) is 0.814. The third-order valence-electron chi connectivity index (χ3n) is 4.31. The van der Waals surface area contributed by atoms with Gasteiger partial charge in [0.2, 0.25) is 0 Å². The zero-order valence-corrected chi connectivity index (χ0v) is 14.8. The molecule has 0 aromatic heterocycles. The first-order chi connectivity index (χ1) is 9.30. The Hall–Kier alpha value is -0.540. The number of anilines is 1. The summed E-state index contributed by atoms with van der Waals surface area (Å²) in [6.07, 6.45) is 1.47. The smallest absolute Gasteiger partial charge is 0.0665 e. The van der Waals surface area contributed by atoms with E-state index in [9.17, 15) is 0 Å². The highest BCUT2D eigenvalue weighted by molar-refractivity contribution is 9.10. The molecule has 1 aromatic rings. The van der Waals surface area contributed by atoms with Crippen LogP contribution in [0.1, 0.15) is 39.7 Å². The Balaban J connectivity index is 1.93. The molecule has 1 aliphatic rings. The molecule has 0 heterocycles. The molecule has 2 atom stereocenters. The van der Waals surface area contributed by atoms with Crippen LogP contribution >= 0.6 is 15.9 Å². The Morgan fingerprint density at radius 1 is 1.40 bits per heavy atom. The number of hydrogen-bond donors (Lipinski definition) is 1. The van der Waals surface area contributed by atoms with E-state index in [0.29, 0.717) is 18.1 Å². The van der Waals surface area contributed by atoms with Gasteiger partial charge in [0.25, 0.3) is 0 Å². The summed E-state index contributed by atoms with van der Waals surface area (Å²) in [6, 6.07) is 6.92. The molecule has 0 amide bonds. The van der Waals surface area contributed by atoms with Crippen LogP contribution in [-0.2, 0) is 4.74 Å². The lowest BCUT2D eigenvalue weighted by atomic mass is 9.64. The van der Waals surface area contributed by atoms with Gasteiger partial charge in [-0.2, -0.15) is 0 Å². The van der Waals surface area contributed by atoms with Crippen LogP contribution in [0.2, 0.25) is 0 Å². The highest BCUT2D eigenvalue weighted by Crippen LogP contribution is 2.44. The van der Waals surface area contributed by atoms with Gasteiger partial charge < -0.3 is 10.1 Å². The van der Waals surface area contributed by atoms with Gasteiger partial charge in [-0.3, -0.25) is 0 Å². The van der Waals surface area contributed by atoms with E-state index in [1.807, 2.05) is 0 Å². The number of nitrogens with one attached hydrogen (secondary N) is 1. The van der Waals surface area contributed by atoms with Crippen molar-refractivity contribution >= 4 is 21.6 Å². The monoisotopic (exact) mass is 339 g/mol. The molecule has 1 fully saturated rings. The van der Waals surface area contributed by atoms with Crippen molar-refractivity contribution in [3.05, 3.63) is 28.2 Å². The Kier molecular flexibility index (Phi) is 4.80. The minimum Gasteiger partial charge on any atom is -0.382 e. The molecule has 112 valence electrons. The van der Waals surface area contributed by atoms with Gasteiger partial charge in [0.05, 0.1) is 6.10 Å². The fraction of sp³-hybridized carbons (Fsp3) is 0.647. The van der Waals surface area contributed by atoms with Gasteiger partial charge in [0.1, 0.15) is 0 Å². The molecule has 2 rings (SSSR count). The normalized spacial score (nSPS) is 24.6. The number of rotatable bonds is 5. The number of ether oxygens (including phenoxy) is 1. The SMILES string of the molecule is Cc1cc(NC2CC(OCC(C)C)C2(C)C)ccc1Br. The van der Waals surface area contributed by atoms with Gasteiger partial charge in [-0.15, -0.1) is 0 Å². The van der Waals surface area contributed by atoms with Crippen LogP contribution in [0.3, 0.4) is 0 Å². The highest BCUT2D eigenvalue weighted by Gasteiger charge is 2.49. The minimum atomic E-state index is 0.190. The largest absolute Gasteiger partial charge is 0.382 e. The van der Waals surface area contributed by atoms with E-state index in [1.165, 1.54) is 11.3 Å². The summed E-state index contributed by atoms with van der Waals surface area (Å²) in [5, 5.41) is 3.65. The summed E-state index contributed by atoms with van der Waals surface area (Å²) >= 11 is 3.54. The van der Waals surface area contributed by atoms with Crippen molar-refractivity contribution in [2.24, 2.45) is 11.3 Å². The van der Waals surface area contributed by atoms with Crippen LogP contribution in [0.4, 0.5) is 5.69 Å². The molecule has 2 unspecified atom stereocenters. The van der Waals surface area contributed by atoms with E-state index in [-0.39, 0.29) is 5.41 Å². The maximum absolute atomic E-state index is 6.02. The summed E-state index contributed by atoms with van der Waals surface area (Å²) in [5.41, 5.74) is 2.65. The van der Waals surface area contributed by atoms with Crippen molar-refractivity contribution in [1.82, 2.24) is 0 Å². The molecule has 0 bridgehead atoms. The standard InChI is InChI=1S/C17H26BrNO/c1-11(2)10-20-16-9-15(17(16,4)5)19-13-6-7-14(18)12(3)8-13/h6-8,11,15-16,19H,9-10H2,1-5H3. The average molecular weight is 340 g/mol. The summed E-state index contributed by atoms with van der Waals surface area (Å²) in [6.45, 7) is 12.0. The lowest BCUT2D eigenvalue weighted by molar-refractivity contribution is -0.108. The molecule has 1 aliphatic carbocycles. The van der Waals surface area contributed by atoms with Crippen LogP contribution in [0.5, 0.6) is 0 Å². The Morgan fingerprint density at radius 3 is 2.65 bits per heavy atom. The fourth-order valence-corrected chi connectivity index (χ4v) is 2.90. The third kappa shape index (κ3) is 3.37. The van der Waals surface area contributed by atoms with Crippen molar-refractivity contribution < 1.29 is 4.74 Å². The molecule has 1 saturated carbocycles. The molecule has 0 radical (unpaired) electrons. The number of aryl methyl sites for hydroxylation is 1. The number of halogens is 1. The van der Waals surface area contributed by atoms with Crippen LogP contribution < -0.4 is 5.32 Å². The molecular weight excluding hydrogens is 314 g/mol. The topological polar surface area (TPSA) is 21.3 Å². The Labute approximate surface area is 131 Å². The second-order valence-electron chi connectivity index (χ2n) is 6.93. The van der Waals surface area contributed by atoms with Crippen molar-refractivity contribution in [3.63, 3.8) is 0 Å².